The molecule has 4 rings (SSSR count). The number of aryl methyl sites for hydroxylation is 1. The van der Waals surface area contributed by atoms with Crippen LogP contribution in [0.2, 0.25) is 0 Å². The van der Waals surface area contributed by atoms with Crippen LogP contribution in [0.1, 0.15) is 34.9 Å². The summed E-state index contributed by atoms with van der Waals surface area (Å²) in [7, 11) is 0. The number of benzene rings is 2. The molecule has 0 radical (unpaired) electrons. The molecule has 148 valence electrons. The van der Waals surface area contributed by atoms with E-state index in [0.717, 1.165) is 17.0 Å². The van der Waals surface area contributed by atoms with Gasteiger partial charge in [0.1, 0.15) is 0 Å². The molecule has 2 heterocycles. The van der Waals surface area contributed by atoms with Crippen LogP contribution in [-0.2, 0) is 10.5 Å². The molecule has 1 N–H and O–H groups in total. The summed E-state index contributed by atoms with van der Waals surface area (Å²) < 4.78 is 4.99. The Hall–Kier alpha value is -3.13. The van der Waals surface area contributed by atoms with Crippen LogP contribution in [0.4, 0.5) is 11.4 Å². The molecule has 1 aromatic heterocycles. The summed E-state index contributed by atoms with van der Waals surface area (Å²) in [6.07, 6.45) is 1.43. The van der Waals surface area contributed by atoms with E-state index in [-0.39, 0.29) is 11.8 Å². The maximum absolute atomic E-state index is 12.9. The van der Waals surface area contributed by atoms with Crippen LogP contribution in [-0.4, -0.2) is 28.5 Å². The fraction of sp³-hybridized carbons (Fsp3) is 0.238. The molecule has 1 aliphatic rings. The van der Waals surface area contributed by atoms with Crippen LogP contribution in [0.25, 0.3) is 0 Å². The van der Waals surface area contributed by atoms with E-state index in [1.165, 1.54) is 11.8 Å². The van der Waals surface area contributed by atoms with E-state index in [9.17, 15) is 9.59 Å². The highest BCUT2D eigenvalue weighted by Gasteiger charge is 2.22. The average Bonchev–Trinajstić information content (AvgIpc) is 3.34. The van der Waals surface area contributed by atoms with Crippen LogP contribution in [0.5, 0.6) is 0 Å². The Labute approximate surface area is 172 Å². The number of carbonyl (C=O) groups is 2. The first-order valence-electron chi connectivity index (χ1n) is 9.33. The molecule has 0 atom stereocenters. The summed E-state index contributed by atoms with van der Waals surface area (Å²) in [6.45, 7) is 2.46. The normalized spacial score (nSPS) is 13.7. The molecule has 1 fully saturated rings. The lowest BCUT2D eigenvalue weighted by Crippen LogP contribution is -2.23. The SMILES string of the molecule is Cc1nc(CSc2ccccc2C(=O)Nc2cccc(N3CCCC3=O)c2)no1. The number of carbonyl (C=O) groups excluding carboxylic acids is 2. The molecule has 1 aliphatic heterocycles. The monoisotopic (exact) mass is 408 g/mol. The predicted molar refractivity (Wildman–Crippen MR) is 111 cm³/mol. The molecule has 0 unspecified atom stereocenters. The number of anilines is 2. The zero-order chi connectivity index (χ0) is 20.2. The van der Waals surface area contributed by atoms with E-state index in [1.807, 2.05) is 42.5 Å². The second-order valence-electron chi connectivity index (χ2n) is 6.67. The van der Waals surface area contributed by atoms with Crippen molar-refractivity contribution in [2.24, 2.45) is 0 Å². The maximum Gasteiger partial charge on any atom is 0.256 e. The number of amides is 2. The Bertz CT molecular complexity index is 1050. The standard InChI is InChI=1S/C21H20N4O3S/c1-14-22-19(24-28-14)13-29-18-9-3-2-8-17(18)21(27)23-15-6-4-7-16(12-15)25-11-5-10-20(25)26/h2-4,6-9,12H,5,10-11,13H2,1H3,(H,23,27). The van der Waals surface area contributed by atoms with E-state index in [4.69, 9.17) is 4.52 Å². The molecule has 8 heteroatoms. The maximum atomic E-state index is 12.9. The highest BCUT2D eigenvalue weighted by Crippen LogP contribution is 2.28. The highest BCUT2D eigenvalue weighted by molar-refractivity contribution is 7.98. The number of nitrogens with one attached hydrogen (secondary N) is 1. The lowest BCUT2D eigenvalue weighted by atomic mass is 10.2. The topological polar surface area (TPSA) is 88.3 Å². The molecule has 3 aromatic rings. The third-order valence-electron chi connectivity index (χ3n) is 4.55. The van der Waals surface area contributed by atoms with E-state index in [1.54, 1.807) is 17.9 Å². The average molecular weight is 408 g/mol. The van der Waals surface area contributed by atoms with Gasteiger partial charge in [0.25, 0.3) is 5.91 Å². The molecule has 29 heavy (non-hydrogen) atoms. The van der Waals surface area contributed by atoms with Crippen molar-refractivity contribution >= 4 is 35.0 Å². The van der Waals surface area contributed by atoms with Crippen molar-refractivity contribution in [3.63, 3.8) is 0 Å². The fourth-order valence-electron chi connectivity index (χ4n) is 3.19. The van der Waals surface area contributed by atoms with E-state index < -0.39 is 0 Å². The van der Waals surface area contributed by atoms with Gasteiger partial charge in [-0.15, -0.1) is 11.8 Å². The molecule has 0 aliphatic carbocycles. The Balaban J connectivity index is 1.48. The molecule has 0 saturated carbocycles. The predicted octanol–water partition coefficient (Wildman–Crippen LogP) is 4.05. The van der Waals surface area contributed by atoms with Gasteiger partial charge in [0, 0.05) is 36.2 Å². The first-order chi connectivity index (χ1) is 14.1. The second-order valence-corrected chi connectivity index (χ2v) is 7.69. The number of aromatic nitrogens is 2. The molecule has 2 amide bonds. The van der Waals surface area contributed by atoms with Gasteiger partial charge in [-0.05, 0) is 36.8 Å². The minimum absolute atomic E-state index is 0.118. The Morgan fingerprint density at radius 3 is 2.86 bits per heavy atom. The van der Waals surface area contributed by atoms with E-state index in [2.05, 4.69) is 15.5 Å². The summed E-state index contributed by atoms with van der Waals surface area (Å²) in [5, 5.41) is 6.83. The molecule has 1 saturated heterocycles. The zero-order valence-electron chi connectivity index (χ0n) is 15.9. The Kier molecular flexibility index (Phi) is 5.62. The third-order valence-corrected chi connectivity index (χ3v) is 5.62. The molecule has 2 aromatic carbocycles. The number of nitrogens with zero attached hydrogens (tertiary/aromatic N) is 3. The highest BCUT2D eigenvalue weighted by atomic mass is 32.2. The molecule has 7 nitrogen and oxygen atoms in total. The van der Waals surface area contributed by atoms with Gasteiger partial charge in [-0.1, -0.05) is 23.4 Å². The van der Waals surface area contributed by atoms with Gasteiger partial charge in [-0.2, -0.15) is 4.98 Å². The van der Waals surface area contributed by atoms with Crippen molar-refractivity contribution < 1.29 is 14.1 Å². The summed E-state index contributed by atoms with van der Waals surface area (Å²) in [5.41, 5.74) is 2.03. The fourth-order valence-corrected chi connectivity index (χ4v) is 4.09. The minimum atomic E-state index is -0.206. The van der Waals surface area contributed by atoms with Crippen LogP contribution < -0.4 is 10.2 Å². The summed E-state index contributed by atoms with van der Waals surface area (Å²) >= 11 is 1.48. The van der Waals surface area contributed by atoms with Crippen molar-refractivity contribution in [2.75, 3.05) is 16.8 Å². The number of hydrogen-bond acceptors (Lipinski definition) is 6. The lowest BCUT2D eigenvalue weighted by molar-refractivity contribution is -0.117. The van der Waals surface area contributed by atoms with Gasteiger partial charge in [0.15, 0.2) is 5.82 Å². The minimum Gasteiger partial charge on any atom is -0.340 e. The Morgan fingerprint density at radius 1 is 1.24 bits per heavy atom. The summed E-state index contributed by atoms with van der Waals surface area (Å²) in [4.78, 5) is 31.7. The molecular weight excluding hydrogens is 388 g/mol. The molecular formula is C21H20N4O3S. The van der Waals surface area contributed by atoms with Crippen LogP contribution >= 0.6 is 11.8 Å². The smallest absolute Gasteiger partial charge is 0.256 e. The van der Waals surface area contributed by atoms with Crippen molar-refractivity contribution in [2.45, 2.75) is 30.4 Å². The number of thioether (sulfide) groups is 1. The van der Waals surface area contributed by atoms with Crippen molar-refractivity contribution in [1.82, 2.24) is 10.1 Å². The van der Waals surface area contributed by atoms with E-state index >= 15 is 0 Å². The van der Waals surface area contributed by atoms with Gasteiger partial charge in [-0.25, -0.2) is 0 Å². The van der Waals surface area contributed by atoms with Gasteiger partial charge in [0.2, 0.25) is 11.8 Å². The van der Waals surface area contributed by atoms with Crippen LogP contribution in [0, 0.1) is 6.92 Å². The van der Waals surface area contributed by atoms with Crippen molar-refractivity contribution in [3.8, 4) is 0 Å². The summed E-state index contributed by atoms with van der Waals surface area (Å²) in [5.74, 6) is 1.52. The quantitative estimate of drug-likeness (QED) is 0.619. The third kappa shape index (κ3) is 4.48. The first kappa shape index (κ1) is 19.2. The van der Waals surface area contributed by atoms with Crippen molar-refractivity contribution in [3.05, 3.63) is 65.8 Å². The van der Waals surface area contributed by atoms with Gasteiger partial charge in [-0.3, -0.25) is 9.59 Å². The summed E-state index contributed by atoms with van der Waals surface area (Å²) in [6, 6.07) is 14.8. The molecule has 0 spiro atoms. The number of rotatable bonds is 6. The Morgan fingerprint density at radius 2 is 2.10 bits per heavy atom. The second kappa shape index (κ2) is 8.48. The first-order valence-corrected chi connectivity index (χ1v) is 10.3. The molecule has 0 bridgehead atoms. The van der Waals surface area contributed by atoms with Gasteiger partial charge < -0.3 is 14.7 Å². The van der Waals surface area contributed by atoms with Gasteiger partial charge >= 0.3 is 0 Å². The van der Waals surface area contributed by atoms with Crippen LogP contribution in [0.15, 0.2) is 57.9 Å². The lowest BCUT2D eigenvalue weighted by Gasteiger charge is -2.17. The largest absolute Gasteiger partial charge is 0.340 e. The zero-order valence-corrected chi connectivity index (χ0v) is 16.7. The van der Waals surface area contributed by atoms with E-state index in [0.29, 0.717) is 41.7 Å². The van der Waals surface area contributed by atoms with Crippen molar-refractivity contribution in [1.29, 1.82) is 0 Å². The number of hydrogen-bond donors (Lipinski definition) is 1. The van der Waals surface area contributed by atoms with Gasteiger partial charge in [0.05, 0.1) is 11.3 Å². The van der Waals surface area contributed by atoms with Crippen LogP contribution in [0.3, 0.4) is 0 Å².